The van der Waals surface area contributed by atoms with Crippen molar-refractivity contribution in [3.8, 4) is 17.2 Å². The van der Waals surface area contributed by atoms with Gasteiger partial charge in [-0.15, -0.1) is 0 Å². The van der Waals surface area contributed by atoms with Crippen molar-refractivity contribution in [1.29, 1.82) is 0 Å². The van der Waals surface area contributed by atoms with Gasteiger partial charge in [0.05, 0.1) is 6.04 Å². The summed E-state index contributed by atoms with van der Waals surface area (Å²) in [7, 11) is 0. The zero-order valence-corrected chi connectivity index (χ0v) is 23.7. The molecule has 6 rings (SSSR count). The van der Waals surface area contributed by atoms with Crippen LogP contribution >= 0.6 is 0 Å². The predicted octanol–water partition coefficient (Wildman–Crippen LogP) is 5.09. The molecule has 0 aliphatic carbocycles. The molecule has 4 aromatic carbocycles. The van der Waals surface area contributed by atoms with Gasteiger partial charge < -0.3 is 24.8 Å². The first-order valence-corrected chi connectivity index (χ1v) is 14.6. The molecule has 0 unspecified atom stereocenters. The molecule has 7 heteroatoms. The molecule has 0 aromatic heterocycles. The second-order valence-electron chi connectivity index (χ2n) is 10.9. The fourth-order valence-electron chi connectivity index (χ4n) is 5.61. The van der Waals surface area contributed by atoms with Crippen molar-refractivity contribution in [3.63, 3.8) is 0 Å². The molecule has 2 aliphatic heterocycles. The smallest absolute Gasteiger partial charge is 0.237 e. The van der Waals surface area contributed by atoms with Crippen molar-refractivity contribution in [2.75, 3.05) is 19.9 Å². The van der Waals surface area contributed by atoms with Crippen LogP contribution in [0.4, 0.5) is 0 Å². The lowest BCUT2D eigenvalue weighted by molar-refractivity contribution is -0.125. The molecule has 1 amide bonds. The Balaban J connectivity index is 1.04. The van der Waals surface area contributed by atoms with E-state index in [4.69, 9.17) is 14.2 Å². The molecular formula is C35H37N3O4. The minimum Gasteiger partial charge on any atom is -0.489 e. The summed E-state index contributed by atoms with van der Waals surface area (Å²) in [5, 5.41) is 6.89. The number of carbonyl (C=O) groups excluding carboxylic acids is 1. The Morgan fingerprint density at radius 3 is 2.40 bits per heavy atom. The van der Waals surface area contributed by atoms with Gasteiger partial charge in [-0.05, 0) is 59.4 Å². The maximum atomic E-state index is 13.4. The van der Waals surface area contributed by atoms with Crippen molar-refractivity contribution in [3.05, 3.63) is 125 Å². The zero-order valence-electron chi connectivity index (χ0n) is 23.7. The van der Waals surface area contributed by atoms with Crippen molar-refractivity contribution >= 4 is 5.91 Å². The molecule has 0 radical (unpaired) electrons. The van der Waals surface area contributed by atoms with Crippen molar-refractivity contribution < 1.29 is 19.0 Å². The summed E-state index contributed by atoms with van der Waals surface area (Å²) in [4.78, 5) is 15.7. The maximum absolute atomic E-state index is 13.4. The van der Waals surface area contributed by atoms with Crippen molar-refractivity contribution in [1.82, 2.24) is 15.5 Å². The highest BCUT2D eigenvalue weighted by Gasteiger charge is 2.36. The number of nitrogens with zero attached hydrogens (tertiary/aromatic N) is 1. The third-order valence-corrected chi connectivity index (χ3v) is 7.83. The lowest BCUT2D eigenvalue weighted by Crippen LogP contribution is -2.43. The van der Waals surface area contributed by atoms with Crippen LogP contribution in [0.25, 0.3) is 0 Å². The van der Waals surface area contributed by atoms with E-state index in [1.165, 1.54) is 5.56 Å². The summed E-state index contributed by atoms with van der Waals surface area (Å²) < 4.78 is 16.9. The quantitative estimate of drug-likeness (QED) is 0.250. The number of benzene rings is 4. The lowest BCUT2D eigenvalue weighted by atomic mass is 10.1. The molecule has 0 spiro atoms. The average Bonchev–Trinajstić information content (AvgIpc) is 3.67. The molecule has 0 bridgehead atoms. The van der Waals surface area contributed by atoms with E-state index in [0.717, 1.165) is 59.9 Å². The van der Waals surface area contributed by atoms with Crippen LogP contribution in [0.2, 0.25) is 0 Å². The molecule has 0 saturated carbocycles. The first kappa shape index (κ1) is 27.8. The third-order valence-electron chi connectivity index (χ3n) is 7.83. The van der Waals surface area contributed by atoms with Gasteiger partial charge in [0.15, 0.2) is 11.5 Å². The predicted molar refractivity (Wildman–Crippen MR) is 162 cm³/mol. The number of hydrogen-bond acceptors (Lipinski definition) is 6. The van der Waals surface area contributed by atoms with E-state index >= 15 is 0 Å². The van der Waals surface area contributed by atoms with Crippen LogP contribution in [0.1, 0.15) is 28.7 Å². The average molecular weight is 564 g/mol. The number of amides is 1. The Morgan fingerprint density at radius 1 is 0.810 bits per heavy atom. The van der Waals surface area contributed by atoms with Crippen molar-refractivity contribution in [2.24, 2.45) is 0 Å². The fourth-order valence-corrected chi connectivity index (χ4v) is 5.61. The summed E-state index contributed by atoms with van der Waals surface area (Å²) in [6.07, 6.45) is 1.49. The Bertz CT molecular complexity index is 1460. The summed E-state index contributed by atoms with van der Waals surface area (Å²) in [5.74, 6) is 2.48. The second kappa shape index (κ2) is 13.6. The standard InChI is InChI=1S/C35H37N3O4/c39-35(36-17-16-26-14-15-33-34(19-26)42-25-41-33)32-20-30(23-38(32)22-27-8-3-1-4-9-27)37-21-29-12-7-13-31(18-29)40-24-28-10-5-2-6-11-28/h1-15,18-19,30,32,37H,16-17,20-25H2,(H,36,39)/t30-,32+/m1/s1. The van der Waals surface area contributed by atoms with E-state index in [2.05, 4.69) is 64.1 Å². The number of ether oxygens (including phenoxy) is 3. The van der Waals surface area contributed by atoms with Crippen LogP contribution in [0.3, 0.4) is 0 Å². The molecule has 1 saturated heterocycles. The summed E-state index contributed by atoms with van der Waals surface area (Å²) in [5.41, 5.74) is 4.62. The van der Waals surface area contributed by atoms with Crippen LogP contribution < -0.4 is 24.8 Å². The molecule has 4 aromatic rings. The molecule has 2 heterocycles. The zero-order chi connectivity index (χ0) is 28.6. The molecule has 42 heavy (non-hydrogen) atoms. The minimum atomic E-state index is -0.194. The van der Waals surface area contributed by atoms with E-state index in [-0.39, 0.29) is 24.8 Å². The van der Waals surface area contributed by atoms with Gasteiger partial charge in [0.25, 0.3) is 0 Å². The molecule has 2 atom stereocenters. The molecule has 7 nitrogen and oxygen atoms in total. The first-order chi connectivity index (χ1) is 20.7. The maximum Gasteiger partial charge on any atom is 0.237 e. The summed E-state index contributed by atoms with van der Waals surface area (Å²) in [6.45, 7) is 3.63. The van der Waals surface area contributed by atoms with Gasteiger partial charge in [-0.1, -0.05) is 78.9 Å². The highest BCUT2D eigenvalue weighted by molar-refractivity contribution is 5.82. The van der Waals surface area contributed by atoms with Gasteiger partial charge in [-0.2, -0.15) is 0 Å². The normalized spacial score (nSPS) is 17.7. The van der Waals surface area contributed by atoms with E-state index in [0.29, 0.717) is 19.7 Å². The van der Waals surface area contributed by atoms with Crippen LogP contribution in [-0.4, -0.2) is 42.8 Å². The Morgan fingerprint density at radius 2 is 1.57 bits per heavy atom. The van der Waals surface area contributed by atoms with E-state index in [1.807, 2.05) is 54.6 Å². The van der Waals surface area contributed by atoms with E-state index in [1.54, 1.807) is 0 Å². The number of fused-ring (bicyclic) bond motifs is 1. The molecule has 2 N–H and O–H groups in total. The van der Waals surface area contributed by atoms with E-state index in [9.17, 15) is 4.79 Å². The molecule has 2 aliphatic rings. The number of likely N-dealkylation sites (tertiary alicyclic amines) is 1. The number of carbonyl (C=O) groups is 1. The second-order valence-corrected chi connectivity index (χ2v) is 10.9. The van der Waals surface area contributed by atoms with Gasteiger partial charge in [0.1, 0.15) is 12.4 Å². The van der Waals surface area contributed by atoms with Crippen LogP contribution in [0.15, 0.2) is 103 Å². The van der Waals surface area contributed by atoms with E-state index < -0.39 is 0 Å². The van der Waals surface area contributed by atoms with Gasteiger partial charge in [-0.25, -0.2) is 0 Å². The monoisotopic (exact) mass is 563 g/mol. The highest BCUT2D eigenvalue weighted by Crippen LogP contribution is 2.32. The molecular weight excluding hydrogens is 526 g/mol. The summed E-state index contributed by atoms with van der Waals surface area (Å²) in [6, 6.07) is 34.7. The fraction of sp³-hybridized carbons (Fsp3) is 0.286. The number of nitrogens with one attached hydrogen (secondary N) is 2. The van der Waals surface area contributed by atoms with Crippen molar-refractivity contribution in [2.45, 2.75) is 44.6 Å². The topological polar surface area (TPSA) is 72.1 Å². The molecule has 1 fully saturated rings. The van der Waals surface area contributed by atoms with Gasteiger partial charge in [0, 0.05) is 32.2 Å². The van der Waals surface area contributed by atoms with Gasteiger partial charge >= 0.3 is 0 Å². The van der Waals surface area contributed by atoms with Crippen LogP contribution in [0, 0.1) is 0 Å². The molecule has 216 valence electrons. The Labute approximate surface area is 247 Å². The third kappa shape index (κ3) is 7.29. The largest absolute Gasteiger partial charge is 0.489 e. The number of hydrogen-bond donors (Lipinski definition) is 2. The van der Waals surface area contributed by atoms with Crippen LogP contribution in [-0.2, 0) is 30.9 Å². The van der Waals surface area contributed by atoms with Gasteiger partial charge in [-0.3, -0.25) is 9.69 Å². The minimum absolute atomic E-state index is 0.0762. The van der Waals surface area contributed by atoms with Gasteiger partial charge in [0.2, 0.25) is 12.7 Å². The Hall–Kier alpha value is -4.33. The number of rotatable bonds is 12. The first-order valence-electron chi connectivity index (χ1n) is 14.6. The Kier molecular flexibility index (Phi) is 8.98. The van der Waals surface area contributed by atoms with Crippen LogP contribution in [0.5, 0.6) is 17.2 Å². The summed E-state index contributed by atoms with van der Waals surface area (Å²) >= 11 is 0. The highest BCUT2D eigenvalue weighted by atomic mass is 16.7. The lowest BCUT2D eigenvalue weighted by Gasteiger charge is -2.23. The SMILES string of the molecule is O=C(NCCc1ccc2c(c1)OCO2)[C@@H]1C[C@@H](NCc2cccc(OCc3ccccc3)c2)CN1Cc1ccccc1.